The molecule has 138 valence electrons. The molecule has 0 N–H and O–H groups in total. The highest BCUT2D eigenvalue weighted by Crippen LogP contribution is 2.48. The Bertz CT molecular complexity index is 762. The summed E-state index contributed by atoms with van der Waals surface area (Å²) in [4.78, 5) is 2.29. The summed E-state index contributed by atoms with van der Waals surface area (Å²) in [5.41, 5.74) is 0.316. The molecule has 4 heterocycles. The number of nitrogens with zero attached hydrogens (tertiary/aromatic N) is 2. The van der Waals surface area contributed by atoms with Gasteiger partial charge in [-0.3, -0.25) is 4.90 Å². The van der Waals surface area contributed by atoms with Crippen LogP contribution >= 0.6 is 0 Å². The normalized spacial score (nSPS) is 35.1. The van der Waals surface area contributed by atoms with Gasteiger partial charge in [-0.05, 0) is 49.9 Å². The average molecular weight is 370 g/mol. The zero-order valence-corrected chi connectivity index (χ0v) is 15.2. The average Bonchev–Trinajstić information content (AvgIpc) is 3.02. The highest BCUT2D eigenvalue weighted by atomic mass is 32.2. The Morgan fingerprint density at radius 2 is 1.88 bits per heavy atom. The smallest absolute Gasteiger partial charge is 0.214 e. The minimum absolute atomic E-state index is 0.0459. The third-order valence-electron chi connectivity index (χ3n) is 6.15. The Labute approximate surface area is 147 Å². The molecule has 4 fully saturated rings. The van der Waals surface area contributed by atoms with Crippen molar-refractivity contribution in [3.8, 4) is 0 Å². The molecule has 7 heteroatoms. The van der Waals surface area contributed by atoms with E-state index in [4.69, 9.17) is 0 Å². The first-order valence-corrected chi connectivity index (χ1v) is 10.7. The molecular weight excluding hydrogens is 346 g/mol. The minimum Gasteiger partial charge on any atom is -0.298 e. The van der Waals surface area contributed by atoms with E-state index in [1.807, 2.05) is 6.92 Å². The van der Waals surface area contributed by atoms with Crippen molar-refractivity contribution in [3.63, 3.8) is 0 Å². The minimum atomic E-state index is -3.38. The molecule has 0 spiro atoms. The molecule has 0 amide bonds. The van der Waals surface area contributed by atoms with E-state index in [0.717, 1.165) is 32.0 Å². The first kappa shape index (κ1) is 17.4. The Kier molecular flexibility index (Phi) is 4.37. The van der Waals surface area contributed by atoms with Crippen molar-refractivity contribution in [2.75, 3.05) is 25.4 Å². The maximum atomic E-state index is 14.5. The number of piperidine rings is 3. The Morgan fingerprint density at radius 1 is 1.16 bits per heavy atom. The Morgan fingerprint density at radius 3 is 2.56 bits per heavy atom. The monoisotopic (exact) mass is 370 g/mol. The lowest BCUT2D eigenvalue weighted by atomic mass is 9.75. The van der Waals surface area contributed by atoms with Gasteiger partial charge >= 0.3 is 0 Å². The molecule has 25 heavy (non-hydrogen) atoms. The molecule has 4 saturated heterocycles. The van der Waals surface area contributed by atoms with Crippen LogP contribution in [0.3, 0.4) is 0 Å². The van der Waals surface area contributed by atoms with Gasteiger partial charge in [0.2, 0.25) is 10.0 Å². The van der Waals surface area contributed by atoms with E-state index in [0.29, 0.717) is 17.9 Å². The molecule has 0 saturated carbocycles. The van der Waals surface area contributed by atoms with E-state index in [1.165, 1.54) is 6.07 Å². The van der Waals surface area contributed by atoms with Crippen LogP contribution in [0.2, 0.25) is 0 Å². The molecule has 4 aliphatic rings. The molecule has 0 aliphatic carbocycles. The lowest BCUT2D eigenvalue weighted by molar-refractivity contribution is 0.0120. The predicted molar refractivity (Wildman–Crippen MR) is 91.8 cm³/mol. The van der Waals surface area contributed by atoms with Crippen LogP contribution in [0.5, 0.6) is 0 Å². The summed E-state index contributed by atoms with van der Waals surface area (Å²) < 4.78 is 55.5. The van der Waals surface area contributed by atoms with Gasteiger partial charge in [-0.1, -0.05) is 19.1 Å². The summed E-state index contributed by atoms with van der Waals surface area (Å²) in [6.45, 7) is 3.94. The van der Waals surface area contributed by atoms with Crippen LogP contribution in [0.1, 0.15) is 37.7 Å². The zero-order chi connectivity index (χ0) is 17.8. The third kappa shape index (κ3) is 2.71. The van der Waals surface area contributed by atoms with Gasteiger partial charge in [0, 0.05) is 24.5 Å². The lowest BCUT2D eigenvalue weighted by Crippen LogP contribution is -2.60. The number of hydrogen-bond donors (Lipinski definition) is 0. The van der Waals surface area contributed by atoms with E-state index in [9.17, 15) is 17.2 Å². The number of halogens is 2. The van der Waals surface area contributed by atoms with Gasteiger partial charge in [-0.15, -0.1) is 0 Å². The van der Waals surface area contributed by atoms with Crippen molar-refractivity contribution >= 4 is 10.0 Å². The number of rotatable bonds is 4. The van der Waals surface area contributed by atoms with Crippen LogP contribution in [-0.2, 0) is 10.0 Å². The number of hydrogen-bond acceptors (Lipinski definition) is 3. The summed E-state index contributed by atoms with van der Waals surface area (Å²) >= 11 is 0. The van der Waals surface area contributed by atoms with Crippen molar-refractivity contribution in [1.82, 2.24) is 9.21 Å². The van der Waals surface area contributed by atoms with E-state index in [1.54, 1.807) is 10.4 Å². The standard InChI is InChI=1S/C18H24F2N2O2S/c1-2-10-25(23,24)22-11-14(13-4-3-5-15(19)16(13)20)18-17(22)12-6-8-21(18)9-7-12/h3-5,12,14,17-18H,2,6-11H2,1H3/t14-,17+,18+/m1/s1. The topological polar surface area (TPSA) is 40.6 Å². The first-order chi connectivity index (χ1) is 11.9. The maximum absolute atomic E-state index is 14.5. The van der Waals surface area contributed by atoms with Crippen molar-refractivity contribution in [3.05, 3.63) is 35.4 Å². The molecule has 5 rings (SSSR count). The molecule has 0 aromatic heterocycles. The highest BCUT2D eigenvalue weighted by molar-refractivity contribution is 7.89. The summed E-state index contributed by atoms with van der Waals surface area (Å²) in [5, 5.41) is 0. The summed E-state index contributed by atoms with van der Waals surface area (Å²) in [6, 6.07) is 4.09. The third-order valence-corrected chi connectivity index (χ3v) is 8.18. The summed E-state index contributed by atoms with van der Waals surface area (Å²) in [6.07, 6.45) is 2.53. The largest absolute Gasteiger partial charge is 0.298 e. The molecule has 2 bridgehead atoms. The second kappa shape index (κ2) is 6.28. The fourth-order valence-electron chi connectivity index (χ4n) is 5.14. The maximum Gasteiger partial charge on any atom is 0.214 e. The molecule has 4 aliphatic heterocycles. The van der Waals surface area contributed by atoms with Crippen molar-refractivity contribution in [2.45, 2.75) is 44.2 Å². The SMILES string of the molecule is CCCS(=O)(=O)N1C[C@H](c2cccc(F)c2F)[C@H]2[C@@H]1C1CCN2CC1. The summed E-state index contributed by atoms with van der Waals surface area (Å²) in [7, 11) is -3.38. The van der Waals surface area contributed by atoms with Crippen molar-refractivity contribution in [2.24, 2.45) is 5.92 Å². The number of benzene rings is 1. The number of sulfonamides is 1. The second-order valence-electron chi connectivity index (χ2n) is 7.49. The first-order valence-electron chi connectivity index (χ1n) is 9.11. The van der Waals surface area contributed by atoms with Gasteiger partial charge in [0.25, 0.3) is 0 Å². The highest BCUT2D eigenvalue weighted by Gasteiger charge is 2.56. The molecule has 0 unspecified atom stereocenters. The van der Waals surface area contributed by atoms with Crippen LogP contribution in [-0.4, -0.2) is 55.1 Å². The molecule has 3 atom stereocenters. The number of fused-ring (bicyclic) bond motifs is 2. The molecule has 0 radical (unpaired) electrons. The van der Waals surface area contributed by atoms with Crippen LogP contribution in [0.25, 0.3) is 0 Å². The molecule has 1 aromatic carbocycles. The molecular formula is C18H24F2N2O2S. The Hall–Kier alpha value is -1.05. The van der Waals surface area contributed by atoms with E-state index in [2.05, 4.69) is 4.90 Å². The van der Waals surface area contributed by atoms with Gasteiger partial charge in [0.1, 0.15) is 0 Å². The van der Waals surface area contributed by atoms with Gasteiger partial charge in [0.15, 0.2) is 11.6 Å². The fourth-order valence-corrected chi connectivity index (χ4v) is 6.94. The van der Waals surface area contributed by atoms with Crippen LogP contribution in [0.4, 0.5) is 8.78 Å². The van der Waals surface area contributed by atoms with Crippen molar-refractivity contribution < 1.29 is 17.2 Å². The quantitative estimate of drug-likeness (QED) is 0.818. The zero-order valence-electron chi connectivity index (χ0n) is 14.4. The van der Waals surface area contributed by atoms with Gasteiger partial charge in [-0.2, -0.15) is 4.31 Å². The fraction of sp³-hybridized carbons (Fsp3) is 0.667. The van der Waals surface area contributed by atoms with Gasteiger partial charge < -0.3 is 0 Å². The van der Waals surface area contributed by atoms with Crippen LogP contribution in [0.15, 0.2) is 18.2 Å². The summed E-state index contributed by atoms with van der Waals surface area (Å²) in [5.74, 6) is -1.57. The van der Waals surface area contributed by atoms with E-state index < -0.39 is 21.7 Å². The molecule has 4 nitrogen and oxygen atoms in total. The van der Waals surface area contributed by atoms with E-state index >= 15 is 0 Å². The molecule has 1 aromatic rings. The predicted octanol–water partition coefficient (Wildman–Crippen LogP) is 2.57. The van der Waals surface area contributed by atoms with Crippen LogP contribution < -0.4 is 0 Å². The Balaban J connectivity index is 1.77. The van der Waals surface area contributed by atoms with Crippen molar-refractivity contribution in [1.29, 1.82) is 0 Å². The van der Waals surface area contributed by atoms with E-state index in [-0.39, 0.29) is 30.3 Å². The van der Waals surface area contributed by atoms with Gasteiger partial charge in [-0.25, -0.2) is 17.2 Å². The van der Waals surface area contributed by atoms with Gasteiger partial charge in [0.05, 0.1) is 5.75 Å². The lowest BCUT2D eigenvalue weighted by Gasteiger charge is -2.51. The second-order valence-corrected chi connectivity index (χ2v) is 9.53. The van der Waals surface area contributed by atoms with Crippen LogP contribution in [0, 0.1) is 17.6 Å².